The van der Waals surface area contributed by atoms with Crippen LogP contribution in [0, 0.1) is 6.92 Å². The van der Waals surface area contributed by atoms with Gasteiger partial charge in [-0.15, -0.1) is 0 Å². The zero-order chi connectivity index (χ0) is 13.8. The van der Waals surface area contributed by atoms with Gasteiger partial charge in [0.1, 0.15) is 5.75 Å². The summed E-state index contributed by atoms with van der Waals surface area (Å²) in [6.45, 7) is 6.87. The summed E-state index contributed by atoms with van der Waals surface area (Å²) in [7, 11) is 0. The summed E-state index contributed by atoms with van der Waals surface area (Å²) in [4.78, 5) is 8.24. The van der Waals surface area contributed by atoms with Crippen LogP contribution in [-0.2, 0) is 6.54 Å². The number of rotatable bonds is 4. The molecule has 0 atom stereocenters. The molecule has 1 aromatic carbocycles. The minimum absolute atomic E-state index is 0.342. The van der Waals surface area contributed by atoms with Crippen LogP contribution < -0.4 is 10.5 Å². The molecular formula is C15H19N3O. The van der Waals surface area contributed by atoms with Gasteiger partial charge in [-0.05, 0) is 36.1 Å². The van der Waals surface area contributed by atoms with Crippen LogP contribution in [0.3, 0.4) is 0 Å². The van der Waals surface area contributed by atoms with Crippen LogP contribution in [0.4, 0.5) is 0 Å². The molecule has 2 N–H and O–H groups in total. The Morgan fingerprint density at radius 2 is 1.89 bits per heavy atom. The molecule has 4 nitrogen and oxygen atoms in total. The summed E-state index contributed by atoms with van der Waals surface area (Å²) in [5, 5.41) is 0. The first-order chi connectivity index (χ1) is 9.10. The standard InChI is InChI=1S/C15H19N3O/c1-10(2)14-5-4-13(6-11(14)3)19-15-17-8-12(7-16)9-18-15/h4-6,8-10H,7,16H2,1-3H3. The van der Waals surface area contributed by atoms with E-state index >= 15 is 0 Å². The molecule has 0 amide bonds. The van der Waals surface area contributed by atoms with E-state index in [0.717, 1.165) is 11.3 Å². The first kappa shape index (κ1) is 13.5. The van der Waals surface area contributed by atoms with Crippen molar-refractivity contribution in [2.24, 2.45) is 5.73 Å². The van der Waals surface area contributed by atoms with Crippen molar-refractivity contribution < 1.29 is 4.74 Å². The molecule has 0 bridgehead atoms. The third-order valence-corrected chi connectivity index (χ3v) is 2.99. The van der Waals surface area contributed by atoms with Crippen molar-refractivity contribution in [3.8, 4) is 11.8 Å². The monoisotopic (exact) mass is 257 g/mol. The van der Waals surface area contributed by atoms with E-state index in [4.69, 9.17) is 10.5 Å². The van der Waals surface area contributed by atoms with Gasteiger partial charge in [0.25, 0.3) is 0 Å². The summed E-state index contributed by atoms with van der Waals surface area (Å²) in [6.07, 6.45) is 3.36. The SMILES string of the molecule is Cc1cc(Oc2ncc(CN)cn2)ccc1C(C)C. The quantitative estimate of drug-likeness (QED) is 0.914. The second-order valence-corrected chi connectivity index (χ2v) is 4.85. The lowest BCUT2D eigenvalue weighted by Crippen LogP contribution is -1.99. The van der Waals surface area contributed by atoms with Gasteiger partial charge in [-0.3, -0.25) is 0 Å². The zero-order valence-corrected chi connectivity index (χ0v) is 11.6. The number of nitrogens with two attached hydrogens (primary N) is 1. The minimum atomic E-state index is 0.342. The van der Waals surface area contributed by atoms with Gasteiger partial charge < -0.3 is 10.5 Å². The number of benzene rings is 1. The fraction of sp³-hybridized carbons (Fsp3) is 0.333. The fourth-order valence-corrected chi connectivity index (χ4v) is 1.97. The van der Waals surface area contributed by atoms with Crippen LogP contribution in [-0.4, -0.2) is 9.97 Å². The van der Waals surface area contributed by atoms with Gasteiger partial charge >= 0.3 is 6.01 Å². The van der Waals surface area contributed by atoms with Gasteiger partial charge in [0.05, 0.1) is 0 Å². The Balaban J connectivity index is 2.16. The lowest BCUT2D eigenvalue weighted by atomic mass is 9.98. The molecule has 4 heteroatoms. The molecule has 2 aromatic rings. The number of hydrogen-bond donors (Lipinski definition) is 1. The molecule has 0 aliphatic heterocycles. The van der Waals surface area contributed by atoms with Gasteiger partial charge in [-0.1, -0.05) is 19.9 Å². The van der Waals surface area contributed by atoms with Crippen LogP contribution in [0.15, 0.2) is 30.6 Å². The molecule has 19 heavy (non-hydrogen) atoms. The highest BCUT2D eigenvalue weighted by molar-refractivity contribution is 5.37. The molecule has 1 aromatic heterocycles. The lowest BCUT2D eigenvalue weighted by molar-refractivity contribution is 0.440. The summed E-state index contributed by atoms with van der Waals surface area (Å²) >= 11 is 0. The summed E-state index contributed by atoms with van der Waals surface area (Å²) in [6, 6.07) is 6.38. The Morgan fingerprint density at radius 3 is 2.42 bits per heavy atom. The molecule has 0 saturated carbocycles. The molecule has 0 unspecified atom stereocenters. The maximum absolute atomic E-state index is 5.63. The molecule has 0 fully saturated rings. The van der Waals surface area contributed by atoms with Crippen molar-refractivity contribution in [3.63, 3.8) is 0 Å². The molecule has 0 spiro atoms. The number of nitrogens with zero attached hydrogens (tertiary/aromatic N) is 2. The number of aromatic nitrogens is 2. The molecule has 0 saturated heterocycles. The average molecular weight is 257 g/mol. The summed E-state index contributed by atoms with van der Waals surface area (Å²) in [5.41, 5.74) is 8.92. The van der Waals surface area contributed by atoms with Gasteiger partial charge in [0.2, 0.25) is 0 Å². The van der Waals surface area contributed by atoms with Crippen molar-refractivity contribution in [2.45, 2.75) is 33.2 Å². The fourth-order valence-electron chi connectivity index (χ4n) is 1.97. The number of hydrogen-bond acceptors (Lipinski definition) is 4. The van der Waals surface area contributed by atoms with Gasteiger partial charge in [-0.2, -0.15) is 0 Å². The predicted molar refractivity (Wildman–Crippen MR) is 75.3 cm³/mol. The maximum Gasteiger partial charge on any atom is 0.321 e. The van der Waals surface area contributed by atoms with Gasteiger partial charge in [-0.25, -0.2) is 9.97 Å². The highest BCUT2D eigenvalue weighted by atomic mass is 16.5. The number of aryl methyl sites for hydroxylation is 1. The first-order valence-electron chi connectivity index (χ1n) is 6.39. The highest BCUT2D eigenvalue weighted by Crippen LogP contribution is 2.25. The topological polar surface area (TPSA) is 61.0 Å². The zero-order valence-electron chi connectivity index (χ0n) is 11.6. The van der Waals surface area contributed by atoms with Crippen LogP contribution in [0.5, 0.6) is 11.8 Å². The van der Waals surface area contributed by atoms with Crippen molar-refractivity contribution in [1.29, 1.82) is 0 Å². The lowest BCUT2D eigenvalue weighted by Gasteiger charge is -2.11. The maximum atomic E-state index is 5.63. The van der Waals surface area contributed by atoms with Crippen molar-refractivity contribution in [3.05, 3.63) is 47.3 Å². The molecular weight excluding hydrogens is 238 g/mol. The molecule has 100 valence electrons. The van der Waals surface area contributed by atoms with Crippen LogP contribution in [0.25, 0.3) is 0 Å². The third-order valence-electron chi connectivity index (χ3n) is 2.99. The normalized spacial score (nSPS) is 10.8. The van der Waals surface area contributed by atoms with Crippen molar-refractivity contribution in [1.82, 2.24) is 9.97 Å². The van der Waals surface area contributed by atoms with E-state index < -0.39 is 0 Å². The van der Waals surface area contributed by atoms with E-state index in [0.29, 0.717) is 18.5 Å². The Kier molecular flexibility index (Phi) is 4.12. The predicted octanol–water partition coefficient (Wildman–Crippen LogP) is 3.16. The van der Waals surface area contributed by atoms with E-state index in [1.165, 1.54) is 11.1 Å². The second kappa shape index (κ2) is 5.80. The van der Waals surface area contributed by atoms with E-state index in [1.54, 1.807) is 12.4 Å². The van der Waals surface area contributed by atoms with E-state index in [-0.39, 0.29) is 0 Å². The van der Waals surface area contributed by atoms with Crippen LogP contribution >= 0.6 is 0 Å². The van der Waals surface area contributed by atoms with Gasteiger partial charge in [0.15, 0.2) is 0 Å². The Morgan fingerprint density at radius 1 is 1.21 bits per heavy atom. The summed E-state index contributed by atoms with van der Waals surface area (Å²) in [5.74, 6) is 1.26. The largest absolute Gasteiger partial charge is 0.424 e. The Hall–Kier alpha value is -1.94. The molecule has 0 aliphatic rings. The number of ether oxygens (including phenoxy) is 1. The molecule has 0 radical (unpaired) electrons. The molecule has 2 rings (SSSR count). The van der Waals surface area contributed by atoms with E-state index in [2.05, 4.69) is 36.8 Å². The molecule has 0 aliphatic carbocycles. The highest BCUT2D eigenvalue weighted by Gasteiger charge is 2.06. The van der Waals surface area contributed by atoms with Crippen LogP contribution in [0.2, 0.25) is 0 Å². The Bertz CT molecular complexity index is 550. The van der Waals surface area contributed by atoms with Crippen molar-refractivity contribution >= 4 is 0 Å². The third kappa shape index (κ3) is 3.29. The van der Waals surface area contributed by atoms with E-state index in [1.807, 2.05) is 12.1 Å². The second-order valence-electron chi connectivity index (χ2n) is 4.85. The van der Waals surface area contributed by atoms with E-state index in [9.17, 15) is 0 Å². The minimum Gasteiger partial charge on any atom is -0.424 e. The molecule has 1 heterocycles. The Labute approximate surface area is 113 Å². The average Bonchev–Trinajstić information content (AvgIpc) is 2.39. The smallest absolute Gasteiger partial charge is 0.321 e. The van der Waals surface area contributed by atoms with Crippen LogP contribution in [0.1, 0.15) is 36.5 Å². The summed E-state index contributed by atoms with van der Waals surface area (Å²) < 4.78 is 5.63. The van der Waals surface area contributed by atoms with Gasteiger partial charge in [0, 0.05) is 24.5 Å². The van der Waals surface area contributed by atoms with Crippen molar-refractivity contribution in [2.75, 3.05) is 0 Å². The first-order valence-corrected chi connectivity index (χ1v) is 6.39.